The van der Waals surface area contributed by atoms with Crippen molar-refractivity contribution in [3.8, 4) is 11.5 Å². The summed E-state index contributed by atoms with van der Waals surface area (Å²) in [6.07, 6.45) is 1.62. The van der Waals surface area contributed by atoms with Gasteiger partial charge in [0, 0.05) is 16.7 Å². The van der Waals surface area contributed by atoms with Crippen LogP contribution in [-0.2, 0) is 0 Å². The van der Waals surface area contributed by atoms with E-state index in [2.05, 4.69) is 0 Å². The van der Waals surface area contributed by atoms with E-state index in [4.69, 9.17) is 23.2 Å². The SMILES string of the molecule is Oc1ccc(C2CC(Cl)CC(Cl)C2c2ccc(O)cc2)cc1. The van der Waals surface area contributed by atoms with Crippen molar-refractivity contribution in [2.24, 2.45) is 0 Å². The second kappa shape index (κ2) is 6.39. The van der Waals surface area contributed by atoms with Crippen LogP contribution in [0.15, 0.2) is 48.5 Å². The second-order valence-corrected chi connectivity index (χ2v) is 7.08. The molecule has 0 aliphatic heterocycles. The van der Waals surface area contributed by atoms with Gasteiger partial charge in [-0.25, -0.2) is 0 Å². The van der Waals surface area contributed by atoms with Crippen molar-refractivity contribution in [3.05, 3.63) is 59.7 Å². The lowest BCUT2D eigenvalue weighted by molar-refractivity contribution is 0.396. The fourth-order valence-electron chi connectivity index (χ4n) is 3.36. The van der Waals surface area contributed by atoms with Crippen LogP contribution in [0.4, 0.5) is 0 Å². The van der Waals surface area contributed by atoms with E-state index in [1.165, 1.54) is 0 Å². The van der Waals surface area contributed by atoms with Crippen LogP contribution >= 0.6 is 23.2 Å². The molecule has 2 nitrogen and oxygen atoms in total. The number of rotatable bonds is 2. The van der Waals surface area contributed by atoms with Gasteiger partial charge in [-0.1, -0.05) is 24.3 Å². The van der Waals surface area contributed by atoms with Crippen LogP contribution in [0, 0.1) is 0 Å². The highest BCUT2D eigenvalue weighted by atomic mass is 35.5. The Labute approximate surface area is 140 Å². The van der Waals surface area contributed by atoms with Gasteiger partial charge in [-0.2, -0.15) is 0 Å². The minimum Gasteiger partial charge on any atom is -0.508 e. The zero-order valence-corrected chi connectivity index (χ0v) is 13.5. The summed E-state index contributed by atoms with van der Waals surface area (Å²) in [6, 6.07) is 14.5. The quantitative estimate of drug-likeness (QED) is 0.759. The van der Waals surface area contributed by atoms with Gasteiger partial charge < -0.3 is 10.2 Å². The average molecular weight is 337 g/mol. The van der Waals surface area contributed by atoms with Gasteiger partial charge in [-0.3, -0.25) is 0 Å². The van der Waals surface area contributed by atoms with Crippen LogP contribution in [0.1, 0.15) is 35.8 Å². The Morgan fingerprint density at radius 2 is 1.23 bits per heavy atom. The summed E-state index contributed by atoms with van der Waals surface area (Å²) >= 11 is 13.0. The van der Waals surface area contributed by atoms with Crippen molar-refractivity contribution in [1.29, 1.82) is 0 Å². The van der Waals surface area contributed by atoms with Gasteiger partial charge in [0.15, 0.2) is 0 Å². The molecule has 0 heterocycles. The molecule has 3 rings (SSSR count). The first kappa shape index (κ1) is 15.5. The van der Waals surface area contributed by atoms with E-state index in [-0.39, 0.29) is 34.1 Å². The normalized spacial score (nSPS) is 28.5. The van der Waals surface area contributed by atoms with Gasteiger partial charge in [0.05, 0.1) is 0 Å². The molecule has 2 N–H and O–H groups in total. The molecule has 4 heteroatoms. The van der Waals surface area contributed by atoms with E-state index in [1.807, 2.05) is 24.3 Å². The van der Waals surface area contributed by atoms with Crippen LogP contribution in [0.25, 0.3) is 0 Å². The molecule has 1 saturated carbocycles. The molecule has 4 atom stereocenters. The third-order valence-corrected chi connectivity index (χ3v) is 5.22. The molecule has 22 heavy (non-hydrogen) atoms. The number of halogens is 2. The maximum absolute atomic E-state index is 9.49. The van der Waals surface area contributed by atoms with E-state index < -0.39 is 0 Å². The Kier molecular flexibility index (Phi) is 4.51. The van der Waals surface area contributed by atoms with Crippen LogP contribution in [0.3, 0.4) is 0 Å². The van der Waals surface area contributed by atoms with Gasteiger partial charge in [0.2, 0.25) is 0 Å². The Morgan fingerprint density at radius 3 is 1.77 bits per heavy atom. The number of hydrogen-bond acceptors (Lipinski definition) is 2. The predicted molar refractivity (Wildman–Crippen MR) is 90.2 cm³/mol. The summed E-state index contributed by atoms with van der Waals surface area (Å²) in [6.45, 7) is 0. The Balaban J connectivity index is 1.98. The molecule has 4 unspecified atom stereocenters. The molecule has 0 amide bonds. The van der Waals surface area contributed by atoms with Crippen LogP contribution in [0.5, 0.6) is 11.5 Å². The summed E-state index contributed by atoms with van der Waals surface area (Å²) in [4.78, 5) is 0. The molecule has 0 saturated heterocycles. The number of hydrogen-bond donors (Lipinski definition) is 2. The molecule has 0 spiro atoms. The summed E-state index contributed by atoms with van der Waals surface area (Å²) < 4.78 is 0. The Bertz CT molecular complexity index is 625. The third kappa shape index (κ3) is 3.18. The molecule has 2 aromatic carbocycles. The monoisotopic (exact) mass is 336 g/mol. The van der Waals surface area contributed by atoms with E-state index in [0.29, 0.717) is 0 Å². The third-order valence-electron chi connectivity index (χ3n) is 4.41. The van der Waals surface area contributed by atoms with Crippen molar-refractivity contribution in [1.82, 2.24) is 0 Å². The lowest BCUT2D eigenvalue weighted by atomic mass is 9.72. The Hall–Kier alpha value is -1.38. The molecule has 0 radical (unpaired) electrons. The maximum Gasteiger partial charge on any atom is 0.115 e. The lowest BCUT2D eigenvalue weighted by Gasteiger charge is -2.38. The largest absolute Gasteiger partial charge is 0.508 e. The highest BCUT2D eigenvalue weighted by Crippen LogP contribution is 2.48. The van der Waals surface area contributed by atoms with Crippen LogP contribution < -0.4 is 0 Å². The number of phenolic OH excluding ortho intramolecular Hbond substituents is 2. The summed E-state index contributed by atoms with van der Waals surface area (Å²) in [5.74, 6) is 0.846. The van der Waals surface area contributed by atoms with E-state index in [1.54, 1.807) is 24.3 Å². The molecule has 2 aromatic rings. The van der Waals surface area contributed by atoms with E-state index in [0.717, 1.165) is 24.0 Å². The van der Waals surface area contributed by atoms with Gasteiger partial charge in [0.25, 0.3) is 0 Å². The standard InChI is InChI=1S/C18H18Cl2O2/c19-13-9-16(11-1-5-14(21)6-2-11)18(17(20)10-13)12-3-7-15(22)8-4-12/h1-8,13,16-18,21-22H,9-10H2. The fraction of sp³-hybridized carbons (Fsp3) is 0.333. The molecule has 0 aromatic heterocycles. The second-order valence-electron chi connectivity index (χ2n) is 5.90. The van der Waals surface area contributed by atoms with Gasteiger partial charge in [-0.15, -0.1) is 23.2 Å². The topological polar surface area (TPSA) is 40.5 Å². The Morgan fingerprint density at radius 1 is 0.727 bits per heavy atom. The average Bonchev–Trinajstić information content (AvgIpc) is 2.49. The molecular formula is C18H18Cl2O2. The van der Waals surface area contributed by atoms with Crippen molar-refractivity contribution in [2.75, 3.05) is 0 Å². The predicted octanol–water partition coefficient (Wildman–Crippen LogP) is 4.97. The molecular weight excluding hydrogens is 319 g/mol. The minimum atomic E-state index is -0.0559. The number of phenols is 2. The molecule has 1 fully saturated rings. The van der Waals surface area contributed by atoms with Gasteiger partial charge in [0.1, 0.15) is 11.5 Å². The molecule has 0 bridgehead atoms. The van der Waals surface area contributed by atoms with Crippen LogP contribution in [-0.4, -0.2) is 21.0 Å². The first-order valence-corrected chi connectivity index (χ1v) is 8.28. The molecule has 1 aliphatic rings. The van der Waals surface area contributed by atoms with Crippen molar-refractivity contribution >= 4 is 23.2 Å². The van der Waals surface area contributed by atoms with Gasteiger partial charge >= 0.3 is 0 Å². The number of benzene rings is 2. The molecule has 1 aliphatic carbocycles. The van der Waals surface area contributed by atoms with Crippen molar-refractivity contribution in [3.63, 3.8) is 0 Å². The van der Waals surface area contributed by atoms with Gasteiger partial charge in [-0.05, 0) is 54.2 Å². The fourth-order valence-corrected chi connectivity index (χ4v) is 4.38. The highest BCUT2D eigenvalue weighted by Gasteiger charge is 2.38. The van der Waals surface area contributed by atoms with E-state index >= 15 is 0 Å². The molecule has 116 valence electrons. The summed E-state index contributed by atoms with van der Waals surface area (Å²) in [5.41, 5.74) is 2.24. The minimum absolute atomic E-state index is 0.0506. The van der Waals surface area contributed by atoms with E-state index in [9.17, 15) is 10.2 Å². The maximum atomic E-state index is 9.49. The smallest absolute Gasteiger partial charge is 0.115 e. The number of aromatic hydroxyl groups is 2. The highest BCUT2D eigenvalue weighted by molar-refractivity contribution is 6.24. The first-order chi connectivity index (χ1) is 10.5. The van der Waals surface area contributed by atoms with Crippen molar-refractivity contribution in [2.45, 2.75) is 35.4 Å². The zero-order chi connectivity index (χ0) is 15.7. The first-order valence-electron chi connectivity index (χ1n) is 7.40. The summed E-state index contributed by atoms with van der Waals surface area (Å²) in [5, 5.41) is 19.0. The number of alkyl halides is 2. The summed E-state index contributed by atoms with van der Waals surface area (Å²) in [7, 11) is 0. The lowest BCUT2D eigenvalue weighted by Crippen LogP contribution is -2.31. The van der Waals surface area contributed by atoms with Crippen LogP contribution in [0.2, 0.25) is 0 Å². The van der Waals surface area contributed by atoms with Crippen molar-refractivity contribution < 1.29 is 10.2 Å². The zero-order valence-electron chi connectivity index (χ0n) is 12.0.